The summed E-state index contributed by atoms with van der Waals surface area (Å²) in [6.07, 6.45) is 0.147. The maximum absolute atomic E-state index is 12.0. The fraction of sp³-hybridized carbons (Fsp3) is 0.786. The summed E-state index contributed by atoms with van der Waals surface area (Å²) in [5.41, 5.74) is -1.62. The fourth-order valence-electron chi connectivity index (χ4n) is 1.77. The molecule has 0 spiro atoms. The molecule has 7 heteroatoms. The van der Waals surface area contributed by atoms with Gasteiger partial charge in [-0.15, -0.1) is 0 Å². The molecule has 0 aromatic heterocycles. The van der Waals surface area contributed by atoms with Crippen molar-refractivity contribution in [1.29, 1.82) is 0 Å². The van der Waals surface area contributed by atoms with Crippen LogP contribution in [0.3, 0.4) is 0 Å². The van der Waals surface area contributed by atoms with Gasteiger partial charge in [-0.2, -0.15) is 0 Å². The van der Waals surface area contributed by atoms with Crippen molar-refractivity contribution in [3.05, 3.63) is 0 Å². The molecule has 0 rings (SSSR count). The third-order valence-electron chi connectivity index (χ3n) is 2.90. The highest BCUT2D eigenvalue weighted by Crippen LogP contribution is 2.14. The molecule has 0 atom stereocenters. The molecular formula is C14H27N3O4. The number of carboxylic acids is 1. The molecule has 0 aliphatic carbocycles. The summed E-state index contributed by atoms with van der Waals surface area (Å²) < 4.78 is 0. The van der Waals surface area contributed by atoms with E-state index in [4.69, 9.17) is 5.11 Å². The van der Waals surface area contributed by atoms with Gasteiger partial charge in [-0.3, -0.25) is 4.79 Å². The monoisotopic (exact) mass is 301 g/mol. The average Bonchev–Trinajstić information content (AvgIpc) is 2.26. The Morgan fingerprint density at radius 3 is 2.00 bits per heavy atom. The number of urea groups is 1. The van der Waals surface area contributed by atoms with E-state index < -0.39 is 17.5 Å². The molecule has 3 amide bonds. The number of nitrogens with zero attached hydrogens (tertiary/aromatic N) is 1. The van der Waals surface area contributed by atoms with E-state index in [-0.39, 0.29) is 31.0 Å². The second-order valence-corrected chi connectivity index (χ2v) is 6.39. The molecule has 0 saturated carbocycles. The lowest BCUT2D eigenvalue weighted by Crippen LogP contribution is -2.56. The van der Waals surface area contributed by atoms with Crippen LogP contribution in [0.1, 0.15) is 48.0 Å². The van der Waals surface area contributed by atoms with Gasteiger partial charge in [0, 0.05) is 25.0 Å². The number of carbonyl (C=O) groups excluding carboxylic acids is 2. The number of aliphatic carboxylic acids is 1. The molecule has 0 radical (unpaired) electrons. The second kappa shape index (κ2) is 7.28. The molecule has 0 aromatic carbocycles. The van der Waals surface area contributed by atoms with Gasteiger partial charge in [0.15, 0.2) is 0 Å². The standard InChI is InChI=1S/C14H27N3O4/c1-7-17(14(5,6)11(19)20)12(21)15-9-8-10(18)16-13(2,3)4/h7-9H2,1-6H3,(H,15,21)(H,16,18)(H,19,20). The highest BCUT2D eigenvalue weighted by molar-refractivity contribution is 5.86. The molecule has 0 aromatic rings. The van der Waals surface area contributed by atoms with Crippen LogP contribution in [0.5, 0.6) is 0 Å². The molecule has 7 nitrogen and oxygen atoms in total. The van der Waals surface area contributed by atoms with Gasteiger partial charge in [0.2, 0.25) is 5.91 Å². The summed E-state index contributed by atoms with van der Waals surface area (Å²) >= 11 is 0. The fourth-order valence-corrected chi connectivity index (χ4v) is 1.77. The zero-order valence-corrected chi connectivity index (χ0v) is 13.7. The molecule has 3 N–H and O–H groups in total. The average molecular weight is 301 g/mol. The molecule has 0 fully saturated rings. The topological polar surface area (TPSA) is 98.7 Å². The van der Waals surface area contributed by atoms with Crippen LogP contribution >= 0.6 is 0 Å². The van der Waals surface area contributed by atoms with Crippen molar-refractivity contribution >= 4 is 17.9 Å². The van der Waals surface area contributed by atoms with E-state index in [1.54, 1.807) is 6.92 Å². The van der Waals surface area contributed by atoms with E-state index >= 15 is 0 Å². The Morgan fingerprint density at radius 2 is 1.62 bits per heavy atom. The lowest BCUT2D eigenvalue weighted by Gasteiger charge is -2.34. The summed E-state index contributed by atoms with van der Waals surface area (Å²) in [4.78, 5) is 36.0. The van der Waals surface area contributed by atoms with Crippen molar-refractivity contribution in [2.45, 2.75) is 59.0 Å². The van der Waals surface area contributed by atoms with Crippen molar-refractivity contribution in [3.63, 3.8) is 0 Å². The van der Waals surface area contributed by atoms with Gasteiger partial charge >= 0.3 is 12.0 Å². The zero-order chi connectivity index (χ0) is 16.8. The molecule has 0 heterocycles. The van der Waals surface area contributed by atoms with E-state index in [1.165, 1.54) is 18.7 Å². The number of hydrogen-bond donors (Lipinski definition) is 3. The SMILES string of the molecule is CCN(C(=O)NCCC(=O)NC(C)(C)C)C(C)(C)C(=O)O. The first kappa shape index (κ1) is 19.2. The predicted molar refractivity (Wildman–Crippen MR) is 80.0 cm³/mol. The van der Waals surface area contributed by atoms with Crippen LogP contribution in [0.4, 0.5) is 4.79 Å². The normalized spacial score (nSPS) is 11.7. The Hall–Kier alpha value is -1.79. The Morgan fingerprint density at radius 1 is 1.10 bits per heavy atom. The molecule has 0 bridgehead atoms. The van der Waals surface area contributed by atoms with Crippen molar-refractivity contribution < 1.29 is 19.5 Å². The Balaban J connectivity index is 4.43. The number of hydrogen-bond acceptors (Lipinski definition) is 3. The van der Waals surface area contributed by atoms with Crippen LogP contribution in [0.15, 0.2) is 0 Å². The maximum Gasteiger partial charge on any atom is 0.329 e. The summed E-state index contributed by atoms with van der Waals surface area (Å²) in [7, 11) is 0. The number of carboxylic acid groups (broad SMARTS) is 1. The highest BCUT2D eigenvalue weighted by Gasteiger charge is 2.36. The van der Waals surface area contributed by atoms with Crippen LogP contribution in [0.2, 0.25) is 0 Å². The van der Waals surface area contributed by atoms with E-state index in [2.05, 4.69) is 10.6 Å². The van der Waals surface area contributed by atoms with Gasteiger partial charge < -0.3 is 20.6 Å². The van der Waals surface area contributed by atoms with E-state index in [9.17, 15) is 14.4 Å². The third kappa shape index (κ3) is 6.46. The summed E-state index contributed by atoms with van der Waals surface area (Å²) in [6, 6.07) is -0.492. The van der Waals surface area contributed by atoms with Crippen molar-refractivity contribution in [2.24, 2.45) is 0 Å². The Labute approximate surface area is 126 Å². The first-order valence-electron chi connectivity index (χ1n) is 7.01. The van der Waals surface area contributed by atoms with E-state index in [1.807, 2.05) is 20.8 Å². The van der Waals surface area contributed by atoms with Crippen LogP contribution in [-0.2, 0) is 9.59 Å². The molecule has 0 aliphatic rings. The second-order valence-electron chi connectivity index (χ2n) is 6.39. The molecule has 21 heavy (non-hydrogen) atoms. The molecular weight excluding hydrogens is 274 g/mol. The largest absolute Gasteiger partial charge is 0.480 e. The molecule has 122 valence electrons. The van der Waals surface area contributed by atoms with Crippen molar-refractivity contribution in [3.8, 4) is 0 Å². The van der Waals surface area contributed by atoms with E-state index in [0.717, 1.165) is 0 Å². The minimum Gasteiger partial charge on any atom is -0.480 e. The van der Waals surface area contributed by atoms with Crippen LogP contribution in [0.25, 0.3) is 0 Å². The van der Waals surface area contributed by atoms with Gasteiger partial charge in [-0.25, -0.2) is 9.59 Å². The van der Waals surface area contributed by atoms with Gasteiger partial charge in [0.1, 0.15) is 5.54 Å². The molecule has 0 aliphatic heterocycles. The first-order chi connectivity index (χ1) is 9.41. The minimum absolute atomic E-state index is 0.147. The minimum atomic E-state index is -1.30. The van der Waals surface area contributed by atoms with Crippen molar-refractivity contribution in [1.82, 2.24) is 15.5 Å². The predicted octanol–water partition coefficient (Wildman–Crippen LogP) is 1.19. The quantitative estimate of drug-likeness (QED) is 0.686. The number of rotatable bonds is 6. The third-order valence-corrected chi connectivity index (χ3v) is 2.90. The maximum atomic E-state index is 12.0. The van der Waals surface area contributed by atoms with Gasteiger partial charge in [0.05, 0.1) is 0 Å². The van der Waals surface area contributed by atoms with Crippen molar-refractivity contribution in [2.75, 3.05) is 13.1 Å². The van der Waals surface area contributed by atoms with Crippen LogP contribution in [-0.4, -0.2) is 52.1 Å². The lowest BCUT2D eigenvalue weighted by atomic mass is 10.0. The highest BCUT2D eigenvalue weighted by atomic mass is 16.4. The summed E-state index contributed by atoms with van der Waals surface area (Å²) in [5, 5.41) is 14.5. The zero-order valence-electron chi connectivity index (χ0n) is 13.7. The summed E-state index contributed by atoms with van der Waals surface area (Å²) in [5.74, 6) is -1.24. The molecule has 0 saturated heterocycles. The van der Waals surface area contributed by atoms with Gasteiger partial charge in [0.25, 0.3) is 0 Å². The smallest absolute Gasteiger partial charge is 0.329 e. The number of nitrogens with one attached hydrogen (secondary N) is 2. The van der Waals surface area contributed by atoms with E-state index in [0.29, 0.717) is 0 Å². The van der Waals surface area contributed by atoms with Crippen LogP contribution < -0.4 is 10.6 Å². The van der Waals surface area contributed by atoms with Gasteiger partial charge in [-0.1, -0.05) is 0 Å². The Kier molecular flexibility index (Phi) is 6.66. The molecule has 0 unspecified atom stereocenters. The summed E-state index contributed by atoms with van der Waals surface area (Å²) in [6.45, 7) is 10.7. The first-order valence-corrected chi connectivity index (χ1v) is 7.01. The van der Waals surface area contributed by atoms with Crippen LogP contribution in [0, 0.1) is 0 Å². The number of likely N-dealkylation sites (N-methyl/N-ethyl adjacent to an activating group) is 1. The number of carbonyl (C=O) groups is 3. The Bertz CT molecular complexity index is 400. The van der Waals surface area contributed by atoms with Gasteiger partial charge in [-0.05, 0) is 41.5 Å². The lowest BCUT2D eigenvalue weighted by molar-refractivity contribution is -0.147. The number of amides is 3.